The number of nitrogens with two attached hydrogens (primary N) is 1. The van der Waals surface area contributed by atoms with Crippen molar-refractivity contribution in [3.63, 3.8) is 0 Å². The molecular formula is C10H16F2N4. The van der Waals surface area contributed by atoms with Gasteiger partial charge in [0.25, 0.3) is 6.43 Å². The number of anilines is 2. The molecular weight excluding hydrogens is 214 g/mol. The highest BCUT2D eigenvalue weighted by Gasteiger charge is 2.13. The number of hydrogen-bond acceptors (Lipinski definition) is 4. The quantitative estimate of drug-likeness (QED) is 0.858. The van der Waals surface area contributed by atoms with E-state index in [1.165, 1.54) is 11.0 Å². The van der Waals surface area contributed by atoms with Gasteiger partial charge in [0.2, 0.25) is 0 Å². The maximum Gasteiger partial charge on any atom is 0.255 e. The molecule has 2 N–H and O–H groups in total. The van der Waals surface area contributed by atoms with Crippen LogP contribution in [0.25, 0.3) is 0 Å². The third-order valence-electron chi connectivity index (χ3n) is 2.07. The lowest BCUT2D eigenvalue weighted by Crippen LogP contribution is -2.25. The summed E-state index contributed by atoms with van der Waals surface area (Å²) in [6, 6.07) is 1.49. The van der Waals surface area contributed by atoms with Gasteiger partial charge in [0, 0.05) is 19.0 Å². The highest BCUT2D eigenvalue weighted by Crippen LogP contribution is 2.18. The van der Waals surface area contributed by atoms with Crippen LogP contribution in [0.15, 0.2) is 6.07 Å². The van der Waals surface area contributed by atoms with Crippen LogP contribution in [0.2, 0.25) is 0 Å². The summed E-state index contributed by atoms with van der Waals surface area (Å²) in [6.45, 7) is 3.48. The highest BCUT2D eigenvalue weighted by atomic mass is 19.3. The number of aromatic nitrogens is 2. The van der Waals surface area contributed by atoms with Crippen molar-refractivity contribution in [2.45, 2.75) is 26.2 Å². The lowest BCUT2D eigenvalue weighted by Gasteiger charge is -2.19. The number of halogens is 2. The zero-order chi connectivity index (χ0) is 12.3. The van der Waals surface area contributed by atoms with Crippen LogP contribution in [0.1, 0.15) is 25.6 Å². The van der Waals surface area contributed by atoms with E-state index in [-0.39, 0.29) is 12.5 Å². The topological polar surface area (TPSA) is 55.0 Å². The summed E-state index contributed by atoms with van der Waals surface area (Å²) in [7, 11) is 1.55. The fourth-order valence-electron chi connectivity index (χ4n) is 1.23. The Bertz CT molecular complexity index is 355. The third kappa shape index (κ3) is 3.29. The van der Waals surface area contributed by atoms with Crippen LogP contribution in [0.5, 0.6) is 0 Å². The van der Waals surface area contributed by atoms with E-state index in [2.05, 4.69) is 9.97 Å². The van der Waals surface area contributed by atoms with Crippen molar-refractivity contribution in [2.24, 2.45) is 0 Å². The van der Waals surface area contributed by atoms with Crippen LogP contribution >= 0.6 is 0 Å². The van der Waals surface area contributed by atoms with Gasteiger partial charge >= 0.3 is 0 Å². The van der Waals surface area contributed by atoms with Crippen LogP contribution in [0, 0.1) is 0 Å². The van der Waals surface area contributed by atoms with Crippen molar-refractivity contribution >= 4 is 11.6 Å². The highest BCUT2D eigenvalue weighted by molar-refractivity contribution is 5.46. The van der Waals surface area contributed by atoms with Crippen molar-refractivity contribution in [1.29, 1.82) is 0 Å². The second-order valence-electron chi connectivity index (χ2n) is 3.94. The lowest BCUT2D eigenvalue weighted by molar-refractivity contribution is 0.156. The molecule has 0 atom stereocenters. The van der Waals surface area contributed by atoms with Crippen molar-refractivity contribution in [1.82, 2.24) is 9.97 Å². The zero-order valence-electron chi connectivity index (χ0n) is 9.61. The Morgan fingerprint density at radius 1 is 1.38 bits per heavy atom. The molecule has 0 radical (unpaired) electrons. The standard InChI is InChI=1S/C10H16F2N4/c1-6(2)10-14-8(13)4-9(15-10)16(3)5-7(11)12/h4,6-7H,5H2,1-3H3,(H2,13,14,15). The second kappa shape index (κ2) is 5.05. The molecule has 16 heavy (non-hydrogen) atoms. The first-order valence-electron chi connectivity index (χ1n) is 5.04. The minimum atomic E-state index is -2.40. The van der Waals surface area contributed by atoms with E-state index < -0.39 is 6.43 Å². The summed E-state index contributed by atoms with van der Waals surface area (Å²) < 4.78 is 24.4. The SMILES string of the molecule is CC(C)c1nc(N)cc(N(C)CC(F)F)n1. The van der Waals surface area contributed by atoms with Gasteiger partial charge in [0.1, 0.15) is 17.5 Å². The largest absolute Gasteiger partial charge is 0.384 e. The first kappa shape index (κ1) is 12.6. The van der Waals surface area contributed by atoms with Crippen molar-refractivity contribution in [2.75, 3.05) is 24.2 Å². The maximum atomic E-state index is 12.2. The Balaban J connectivity index is 2.95. The van der Waals surface area contributed by atoms with Gasteiger partial charge in [0.05, 0.1) is 6.54 Å². The number of nitrogen functional groups attached to an aromatic ring is 1. The molecule has 90 valence electrons. The van der Waals surface area contributed by atoms with Crippen LogP contribution in [0.3, 0.4) is 0 Å². The maximum absolute atomic E-state index is 12.2. The summed E-state index contributed by atoms with van der Waals surface area (Å²) in [6.07, 6.45) is -2.40. The Morgan fingerprint density at radius 2 is 2.00 bits per heavy atom. The van der Waals surface area contributed by atoms with Gasteiger partial charge in [-0.1, -0.05) is 13.8 Å². The van der Waals surface area contributed by atoms with Gasteiger partial charge in [0.15, 0.2) is 0 Å². The van der Waals surface area contributed by atoms with Crippen molar-refractivity contribution in [3.05, 3.63) is 11.9 Å². The van der Waals surface area contributed by atoms with E-state index in [0.29, 0.717) is 17.5 Å². The van der Waals surface area contributed by atoms with Crippen LogP contribution < -0.4 is 10.6 Å². The zero-order valence-corrected chi connectivity index (χ0v) is 9.61. The first-order chi connectivity index (χ1) is 7.40. The fourth-order valence-corrected chi connectivity index (χ4v) is 1.23. The van der Waals surface area contributed by atoms with Crippen LogP contribution in [0.4, 0.5) is 20.4 Å². The Kier molecular flexibility index (Phi) is 3.98. The Morgan fingerprint density at radius 3 is 2.50 bits per heavy atom. The minimum absolute atomic E-state index is 0.113. The molecule has 1 rings (SSSR count). The predicted molar refractivity (Wildman–Crippen MR) is 59.8 cm³/mol. The molecule has 6 heteroatoms. The summed E-state index contributed by atoms with van der Waals surface area (Å²) in [5, 5.41) is 0. The molecule has 0 aliphatic heterocycles. The molecule has 0 amide bonds. The second-order valence-corrected chi connectivity index (χ2v) is 3.94. The molecule has 0 saturated heterocycles. The fraction of sp³-hybridized carbons (Fsp3) is 0.600. The predicted octanol–water partition coefficient (Wildman–Crippen LogP) is 1.88. The molecule has 0 fully saturated rings. The molecule has 0 aliphatic carbocycles. The Hall–Kier alpha value is -1.46. The molecule has 4 nitrogen and oxygen atoms in total. The molecule has 0 saturated carbocycles. The molecule has 1 aromatic heterocycles. The van der Waals surface area contributed by atoms with Crippen LogP contribution in [-0.4, -0.2) is 30.0 Å². The summed E-state index contributed by atoms with van der Waals surface area (Å²) in [5.41, 5.74) is 5.60. The van der Waals surface area contributed by atoms with E-state index >= 15 is 0 Å². The molecule has 0 bridgehead atoms. The third-order valence-corrected chi connectivity index (χ3v) is 2.07. The molecule has 1 heterocycles. The number of alkyl halides is 2. The minimum Gasteiger partial charge on any atom is -0.384 e. The summed E-state index contributed by atoms with van der Waals surface area (Å²) >= 11 is 0. The van der Waals surface area contributed by atoms with Gasteiger partial charge in [-0.2, -0.15) is 0 Å². The molecule has 0 unspecified atom stereocenters. The van der Waals surface area contributed by atoms with Gasteiger partial charge in [-0.15, -0.1) is 0 Å². The monoisotopic (exact) mass is 230 g/mol. The number of hydrogen-bond donors (Lipinski definition) is 1. The normalized spacial score (nSPS) is 11.2. The number of rotatable bonds is 4. The number of nitrogens with zero attached hydrogens (tertiary/aromatic N) is 3. The van der Waals surface area contributed by atoms with Gasteiger partial charge in [-0.25, -0.2) is 18.7 Å². The molecule has 0 aromatic carbocycles. The smallest absolute Gasteiger partial charge is 0.255 e. The van der Waals surface area contributed by atoms with E-state index in [1.54, 1.807) is 7.05 Å². The molecule has 0 aliphatic rings. The summed E-state index contributed by atoms with van der Waals surface area (Å²) in [5.74, 6) is 1.41. The molecule has 1 aromatic rings. The molecule has 0 spiro atoms. The first-order valence-corrected chi connectivity index (χ1v) is 5.04. The van der Waals surface area contributed by atoms with E-state index in [4.69, 9.17) is 5.73 Å². The van der Waals surface area contributed by atoms with E-state index in [1.807, 2.05) is 13.8 Å². The van der Waals surface area contributed by atoms with Gasteiger partial charge < -0.3 is 10.6 Å². The van der Waals surface area contributed by atoms with Crippen LogP contribution in [-0.2, 0) is 0 Å². The van der Waals surface area contributed by atoms with E-state index in [0.717, 1.165) is 0 Å². The summed E-state index contributed by atoms with van der Waals surface area (Å²) in [4.78, 5) is 9.60. The van der Waals surface area contributed by atoms with E-state index in [9.17, 15) is 8.78 Å². The van der Waals surface area contributed by atoms with Gasteiger partial charge in [-0.05, 0) is 0 Å². The lowest BCUT2D eigenvalue weighted by atomic mass is 10.2. The average molecular weight is 230 g/mol. The van der Waals surface area contributed by atoms with Crippen molar-refractivity contribution < 1.29 is 8.78 Å². The average Bonchev–Trinajstić information content (AvgIpc) is 2.15. The Labute approximate surface area is 93.5 Å². The van der Waals surface area contributed by atoms with Gasteiger partial charge in [-0.3, -0.25) is 0 Å². The van der Waals surface area contributed by atoms with Crippen molar-refractivity contribution in [3.8, 4) is 0 Å².